The molecule has 0 saturated carbocycles. The number of carbonyl (C=O) groups is 1. The van der Waals surface area contributed by atoms with Crippen molar-refractivity contribution in [3.05, 3.63) is 24.0 Å². The zero-order chi connectivity index (χ0) is 10.3. The van der Waals surface area contributed by atoms with Crippen molar-refractivity contribution in [3.63, 3.8) is 0 Å². The smallest absolute Gasteiger partial charge is 0.316 e. The highest BCUT2D eigenvalue weighted by Crippen LogP contribution is 2.42. The Morgan fingerprint density at radius 3 is 3.00 bits per heavy atom. The van der Waals surface area contributed by atoms with Crippen LogP contribution in [0.3, 0.4) is 0 Å². The fourth-order valence-electron chi connectivity index (χ4n) is 1.79. The molecule has 1 aromatic rings. The van der Waals surface area contributed by atoms with E-state index in [1.165, 1.54) is 0 Å². The predicted molar refractivity (Wildman–Crippen MR) is 49.3 cm³/mol. The van der Waals surface area contributed by atoms with Crippen LogP contribution in [0.15, 0.2) is 18.3 Å². The molecular weight excluding hydrogens is 182 g/mol. The van der Waals surface area contributed by atoms with Gasteiger partial charge in [0.05, 0.1) is 0 Å². The second-order valence-electron chi connectivity index (χ2n) is 3.86. The van der Waals surface area contributed by atoms with E-state index in [1.807, 2.05) is 0 Å². The summed E-state index contributed by atoms with van der Waals surface area (Å²) in [5.74, 6) is -1.00. The molecular formula is C10H11NO3. The van der Waals surface area contributed by atoms with Gasteiger partial charge in [-0.2, -0.15) is 0 Å². The van der Waals surface area contributed by atoms with Crippen LogP contribution in [0, 0.1) is 0 Å². The van der Waals surface area contributed by atoms with E-state index in [0.717, 1.165) is 0 Å². The van der Waals surface area contributed by atoms with E-state index in [4.69, 9.17) is 9.84 Å². The van der Waals surface area contributed by atoms with Crippen LogP contribution in [0.4, 0.5) is 0 Å². The molecule has 1 aromatic heterocycles. The maximum atomic E-state index is 11.1. The molecule has 1 aliphatic rings. The van der Waals surface area contributed by atoms with E-state index < -0.39 is 17.5 Å². The highest BCUT2D eigenvalue weighted by atomic mass is 16.5. The summed E-state index contributed by atoms with van der Waals surface area (Å²) in [4.78, 5) is 15.1. The SMILES string of the molecule is CC1(C)Oc2cccnc2C1C(=O)O. The van der Waals surface area contributed by atoms with Crippen LogP contribution in [0.25, 0.3) is 0 Å². The number of aromatic nitrogens is 1. The lowest BCUT2D eigenvalue weighted by Gasteiger charge is -2.22. The highest BCUT2D eigenvalue weighted by Gasteiger charge is 2.46. The molecule has 0 spiro atoms. The number of hydrogen-bond acceptors (Lipinski definition) is 3. The molecule has 0 aliphatic carbocycles. The van der Waals surface area contributed by atoms with E-state index in [2.05, 4.69) is 4.98 Å². The van der Waals surface area contributed by atoms with Crippen LogP contribution >= 0.6 is 0 Å². The van der Waals surface area contributed by atoms with Crippen LogP contribution in [-0.2, 0) is 4.79 Å². The molecule has 0 amide bonds. The summed E-state index contributed by atoms with van der Waals surface area (Å²) >= 11 is 0. The van der Waals surface area contributed by atoms with Crippen molar-refractivity contribution in [2.24, 2.45) is 0 Å². The summed E-state index contributed by atoms with van der Waals surface area (Å²) in [6.07, 6.45) is 1.58. The standard InChI is InChI=1S/C10H11NO3/c1-10(2)7(9(12)13)8-6(14-10)4-3-5-11-8/h3-5,7H,1-2H3,(H,12,13). The van der Waals surface area contributed by atoms with Crippen LogP contribution < -0.4 is 4.74 Å². The van der Waals surface area contributed by atoms with Gasteiger partial charge in [0.1, 0.15) is 23.0 Å². The molecule has 0 fully saturated rings. The zero-order valence-corrected chi connectivity index (χ0v) is 8.02. The maximum Gasteiger partial charge on any atom is 0.316 e. The molecule has 1 unspecified atom stereocenters. The first-order chi connectivity index (χ1) is 6.52. The van der Waals surface area contributed by atoms with E-state index in [1.54, 1.807) is 32.2 Å². The van der Waals surface area contributed by atoms with Crippen LogP contribution in [0.2, 0.25) is 0 Å². The summed E-state index contributed by atoms with van der Waals surface area (Å²) in [7, 11) is 0. The van der Waals surface area contributed by atoms with Crippen molar-refractivity contribution in [3.8, 4) is 5.75 Å². The Kier molecular flexibility index (Phi) is 1.74. The minimum atomic E-state index is -0.896. The van der Waals surface area contributed by atoms with Gasteiger partial charge in [-0.05, 0) is 26.0 Å². The predicted octanol–water partition coefficient (Wildman–Crippen LogP) is 1.42. The number of ether oxygens (including phenoxy) is 1. The molecule has 0 bridgehead atoms. The molecule has 0 aromatic carbocycles. The topological polar surface area (TPSA) is 59.4 Å². The van der Waals surface area contributed by atoms with Crippen LogP contribution in [0.1, 0.15) is 25.5 Å². The fraction of sp³-hybridized carbons (Fsp3) is 0.400. The highest BCUT2D eigenvalue weighted by molar-refractivity contribution is 5.79. The van der Waals surface area contributed by atoms with Gasteiger partial charge in [-0.25, -0.2) is 0 Å². The van der Waals surface area contributed by atoms with E-state index >= 15 is 0 Å². The average Bonchev–Trinajstić information content (AvgIpc) is 2.33. The van der Waals surface area contributed by atoms with Crippen molar-refractivity contribution < 1.29 is 14.6 Å². The Balaban J connectivity index is 2.53. The van der Waals surface area contributed by atoms with E-state index in [-0.39, 0.29) is 0 Å². The summed E-state index contributed by atoms with van der Waals surface area (Å²) in [6, 6.07) is 3.48. The minimum absolute atomic E-state index is 0.519. The van der Waals surface area contributed by atoms with Crippen molar-refractivity contribution in [2.75, 3.05) is 0 Å². The third kappa shape index (κ3) is 1.14. The molecule has 1 atom stereocenters. The largest absolute Gasteiger partial charge is 0.485 e. The van der Waals surface area contributed by atoms with Gasteiger partial charge in [0.25, 0.3) is 0 Å². The molecule has 0 radical (unpaired) electrons. The Labute approximate surface area is 81.5 Å². The second-order valence-corrected chi connectivity index (χ2v) is 3.86. The van der Waals surface area contributed by atoms with Crippen molar-refractivity contribution in [1.29, 1.82) is 0 Å². The van der Waals surface area contributed by atoms with Gasteiger partial charge in [0.15, 0.2) is 0 Å². The van der Waals surface area contributed by atoms with Gasteiger partial charge >= 0.3 is 5.97 Å². The number of pyridine rings is 1. The first kappa shape index (κ1) is 8.99. The molecule has 4 heteroatoms. The zero-order valence-electron chi connectivity index (χ0n) is 8.02. The number of rotatable bonds is 1. The van der Waals surface area contributed by atoms with Crippen molar-refractivity contribution >= 4 is 5.97 Å². The van der Waals surface area contributed by atoms with Gasteiger partial charge < -0.3 is 9.84 Å². The fourth-order valence-corrected chi connectivity index (χ4v) is 1.79. The summed E-state index contributed by atoms with van der Waals surface area (Å²) in [5.41, 5.74) is -0.201. The molecule has 4 nitrogen and oxygen atoms in total. The Hall–Kier alpha value is -1.58. The summed E-state index contributed by atoms with van der Waals surface area (Å²) in [5, 5.41) is 9.08. The number of aliphatic carboxylic acids is 1. The Morgan fingerprint density at radius 1 is 1.64 bits per heavy atom. The molecule has 74 valence electrons. The number of carboxylic acid groups (broad SMARTS) is 1. The van der Waals surface area contributed by atoms with Crippen molar-refractivity contribution in [2.45, 2.75) is 25.4 Å². The Morgan fingerprint density at radius 2 is 2.36 bits per heavy atom. The van der Waals surface area contributed by atoms with E-state index in [0.29, 0.717) is 11.4 Å². The summed E-state index contributed by atoms with van der Waals surface area (Å²) in [6.45, 7) is 3.51. The first-order valence-electron chi connectivity index (χ1n) is 4.39. The average molecular weight is 193 g/mol. The Bertz CT molecular complexity index is 387. The maximum absolute atomic E-state index is 11.1. The molecule has 2 rings (SSSR count). The number of carboxylic acids is 1. The molecule has 1 N–H and O–H groups in total. The molecule has 14 heavy (non-hydrogen) atoms. The van der Waals surface area contributed by atoms with Gasteiger partial charge in [-0.15, -0.1) is 0 Å². The monoisotopic (exact) mass is 193 g/mol. The number of fused-ring (bicyclic) bond motifs is 1. The molecule has 0 saturated heterocycles. The minimum Gasteiger partial charge on any atom is -0.485 e. The quantitative estimate of drug-likeness (QED) is 0.732. The summed E-state index contributed by atoms with van der Waals surface area (Å²) < 4.78 is 5.52. The lowest BCUT2D eigenvalue weighted by Crippen LogP contribution is -2.35. The lowest BCUT2D eigenvalue weighted by molar-refractivity contribution is -0.142. The number of nitrogens with zero attached hydrogens (tertiary/aromatic N) is 1. The van der Waals surface area contributed by atoms with E-state index in [9.17, 15) is 4.79 Å². The number of hydrogen-bond donors (Lipinski definition) is 1. The first-order valence-corrected chi connectivity index (χ1v) is 4.39. The third-order valence-electron chi connectivity index (χ3n) is 2.39. The van der Waals surface area contributed by atoms with Gasteiger partial charge in [-0.1, -0.05) is 0 Å². The van der Waals surface area contributed by atoms with Gasteiger partial charge in [-0.3, -0.25) is 9.78 Å². The normalized spacial score (nSPS) is 22.6. The lowest BCUT2D eigenvalue weighted by atomic mass is 9.90. The molecule has 2 heterocycles. The van der Waals surface area contributed by atoms with Crippen molar-refractivity contribution in [1.82, 2.24) is 4.98 Å². The third-order valence-corrected chi connectivity index (χ3v) is 2.39. The second kappa shape index (κ2) is 2.70. The molecule has 1 aliphatic heterocycles. The van der Waals surface area contributed by atoms with Crippen LogP contribution in [-0.4, -0.2) is 21.7 Å². The van der Waals surface area contributed by atoms with Gasteiger partial charge in [0, 0.05) is 6.20 Å². The van der Waals surface area contributed by atoms with Gasteiger partial charge in [0.2, 0.25) is 0 Å². The van der Waals surface area contributed by atoms with Crippen LogP contribution in [0.5, 0.6) is 5.75 Å².